The van der Waals surface area contributed by atoms with E-state index in [1.165, 1.54) is 6.07 Å². The quantitative estimate of drug-likeness (QED) is 0.874. The Balaban J connectivity index is 1.78. The summed E-state index contributed by atoms with van der Waals surface area (Å²) in [5.41, 5.74) is 2.07. The smallest absolute Gasteiger partial charge is 0.224 e. The normalized spacial score (nSPS) is 22.6. The van der Waals surface area contributed by atoms with E-state index in [1.807, 2.05) is 0 Å². The highest BCUT2D eigenvalue weighted by atomic mass is 19.1. The molecule has 20 heavy (non-hydrogen) atoms. The maximum Gasteiger partial charge on any atom is 0.224 e. The van der Waals surface area contributed by atoms with Gasteiger partial charge in [0, 0.05) is 31.4 Å². The monoisotopic (exact) mass is 278 g/mol. The molecular weight excluding hydrogens is 259 g/mol. The summed E-state index contributed by atoms with van der Waals surface area (Å²) < 4.78 is 19.5. The first-order valence-corrected chi connectivity index (χ1v) is 7.19. The third kappa shape index (κ3) is 2.93. The summed E-state index contributed by atoms with van der Waals surface area (Å²) in [6.07, 6.45) is 3.88. The van der Waals surface area contributed by atoms with Gasteiger partial charge in [0.15, 0.2) is 0 Å². The summed E-state index contributed by atoms with van der Waals surface area (Å²) in [7, 11) is 0. The molecule has 0 radical (unpaired) electrons. The lowest BCUT2D eigenvalue weighted by atomic mass is 10.0. The number of nitrogens with one attached hydrogen (secondary N) is 2. The summed E-state index contributed by atoms with van der Waals surface area (Å²) >= 11 is 0. The molecule has 2 aliphatic heterocycles. The molecule has 5 heteroatoms. The van der Waals surface area contributed by atoms with E-state index >= 15 is 0 Å². The molecule has 2 aliphatic rings. The van der Waals surface area contributed by atoms with E-state index in [-0.39, 0.29) is 17.8 Å². The molecule has 1 fully saturated rings. The minimum Gasteiger partial charge on any atom is -0.381 e. The Bertz CT molecular complexity index is 511. The maximum atomic E-state index is 14.1. The van der Waals surface area contributed by atoms with E-state index in [4.69, 9.17) is 4.74 Å². The van der Waals surface area contributed by atoms with Crippen LogP contribution in [0, 0.1) is 5.82 Å². The number of hydrogen-bond acceptors (Lipinski definition) is 3. The predicted octanol–water partition coefficient (Wildman–Crippen LogP) is 2.69. The number of fused-ring (bicyclic) bond motifs is 1. The Kier molecular flexibility index (Phi) is 3.87. The third-order valence-electron chi connectivity index (χ3n) is 3.90. The first kappa shape index (κ1) is 13.4. The van der Waals surface area contributed by atoms with E-state index in [1.54, 1.807) is 6.07 Å². The highest BCUT2D eigenvalue weighted by Gasteiger charge is 2.19. The molecule has 1 atom stereocenters. The van der Waals surface area contributed by atoms with Gasteiger partial charge in [-0.2, -0.15) is 0 Å². The van der Waals surface area contributed by atoms with Crippen LogP contribution in [0.25, 0.3) is 0 Å². The molecule has 1 aromatic rings. The Labute approximate surface area is 117 Å². The number of carbonyl (C=O) groups excluding carboxylic acids is 1. The molecule has 3 rings (SSSR count). The molecule has 1 amide bonds. The zero-order valence-corrected chi connectivity index (χ0v) is 11.4. The van der Waals surface area contributed by atoms with Crippen LogP contribution in [-0.4, -0.2) is 25.2 Å². The SMILES string of the molecule is O=C1CCc2cc(F)c(NC3CCCOCC3)cc2N1. The van der Waals surface area contributed by atoms with Gasteiger partial charge in [0.2, 0.25) is 5.91 Å². The minimum atomic E-state index is -0.245. The standard InChI is InChI=1S/C15H19FN2O2/c16-12-8-10-3-4-15(19)18-13(10)9-14(12)17-11-2-1-6-20-7-5-11/h8-9,11,17H,1-7H2,(H,18,19). The Hall–Kier alpha value is -1.62. The second-order valence-corrected chi connectivity index (χ2v) is 5.42. The van der Waals surface area contributed by atoms with Crippen molar-refractivity contribution in [2.75, 3.05) is 23.8 Å². The van der Waals surface area contributed by atoms with E-state index in [0.29, 0.717) is 25.1 Å². The molecule has 1 unspecified atom stereocenters. The average molecular weight is 278 g/mol. The van der Waals surface area contributed by atoms with Crippen molar-refractivity contribution in [3.63, 3.8) is 0 Å². The number of anilines is 2. The topological polar surface area (TPSA) is 50.4 Å². The average Bonchev–Trinajstić information content (AvgIpc) is 2.69. The van der Waals surface area contributed by atoms with E-state index in [2.05, 4.69) is 10.6 Å². The number of carbonyl (C=O) groups is 1. The molecule has 0 spiro atoms. The fraction of sp³-hybridized carbons (Fsp3) is 0.533. The number of amides is 1. The molecule has 1 saturated heterocycles. The Morgan fingerprint density at radius 3 is 3.05 bits per heavy atom. The van der Waals surface area contributed by atoms with Crippen molar-refractivity contribution >= 4 is 17.3 Å². The lowest BCUT2D eigenvalue weighted by molar-refractivity contribution is -0.116. The first-order chi connectivity index (χ1) is 9.72. The van der Waals surface area contributed by atoms with Gasteiger partial charge in [0.1, 0.15) is 5.82 Å². The number of benzene rings is 1. The molecule has 2 N–H and O–H groups in total. The van der Waals surface area contributed by atoms with Crippen molar-refractivity contribution in [3.05, 3.63) is 23.5 Å². The highest BCUT2D eigenvalue weighted by molar-refractivity contribution is 5.94. The maximum absolute atomic E-state index is 14.1. The fourth-order valence-electron chi connectivity index (χ4n) is 2.78. The number of hydrogen-bond donors (Lipinski definition) is 2. The first-order valence-electron chi connectivity index (χ1n) is 7.19. The van der Waals surface area contributed by atoms with Crippen molar-refractivity contribution in [3.8, 4) is 0 Å². The summed E-state index contributed by atoms with van der Waals surface area (Å²) in [6, 6.07) is 3.47. The van der Waals surface area contributed by atoms with E-state index in [0.717, 1.165) is 37.1 Å². The largest absolute Gasteiger partial charge is 0.381 e. The van der Waals surface area contributed by atoms with Crippen molar-refractivity contribution in [1.82, 2.24) is 0 Å². The van der Waals surface area contributed by atoms with Gasteiger partial charge in [-0.3, -0.25) is 4.79 Å². The number of rotatable bonds is 2. The zero-order valence-electron chi connectivity index (χ0n) is 11.4. The van der Waals surface area contributed by atoms with Crippen molar-refractivity contribution < 1.29 is 13.9 Å². The molecular formula is C15H19FN2O2. The molecule has 2 heterocycles. The van der Waals surface area contributed by atoms with Gasteiger partial charge in [0.05, 0.1) is 5.69 Å². The second kappa shape index (κ2) is 5.79. The van der Waals surface area contributed by atoms with Crippen LogP contribution in [0.5, 0.6) is 0 Å². The molecule has 108 valence electrons. The number of ether oxygens (including phenoxy) is 1. The summed E-state index contributed by atoms with van der Waals surface area (Å²) in [5.74, 6) is -0.247. The van der Waals surface area contributed by atoms with Gasteiger partial charge in [-0.15, -0.1) is 0 Å². The highest BCUT2D eigenvalue weighted by Crippen LogP contribution is 2.29. The van der Waals surface area contributed by atoms with Crippen molar-refractivity contribution in [2.24, 2.45) is 0 Å². The van der Waals surface area contributed by atoms with Crippen LogP contribution in [-0.2, 0) is 16.0 Å². The van der Waals surface area contributed by atoms with Gasteiger partial charge < -0.3 is 15.4 Å². The van der Waals surface area contributed by atoms with Crippen LogP contribution in [0.3, 0.4) is 0 Å². The van der Waals surface area contributed by atoms with Crippen LogP contribution in [0.2, 0.25) is 0 Å². The Morgan fingerprint density at radius 2 is 2.15 bits per heavy atom. The van der Waals surface area contributed by atoms with Crippen molar-refractivity contribution in [1.29, 1.82) is 0 Å². The van der Waals surface area contributed by atoms with Crippen molar-refractivity contribution in [2.45, 2.75) is 38.1 Å². The van der Waals surface area contributed by atoms with Crippen LogP contribution >= 0.6 is 0 Å². The van der Waals surface area contributed by atoms with E-state index in [9.17, 15) is 9.18 Å². The zero-order chi connectivity index (χ0) is 13.9. The molecule has 1 aromatic carbocycles. The molecule has 0 saturated carbocycles. The van der Waals surface area contributed by atoms with Gasteiger partial charge >= 0.3 is 0 Å². The van der Waals surface area contributed by atoms with Crippen LogP contribution in [0.1, 0.15) is 31.2 Å². The summed E-state index contributed by atoms with van der Waals surface area (Å²) in [4.78, 5) is 11.4. The molecule has 0 aliphatic carbocycles. The van der Waals surface area contributed by atoms with Gasteiger partial charge in [-0.1, -0.05) is 0 Å². The third-order valence-corrected chi connectivity index (χ3v) is 3.90. The molecule has 0 aromatic heterocycles. The van der Waals surface area contributed by atoms with Gasteiger partial charge in [-0.25, -0.2) is 4.39 Å². The molecule has 0 bridgehead atoms. The summed E-state index contributed by atoms with van der Waals surface area (Å²) in [5, 5.41) is 6.05. The number of halogens is 1. The Morgan fingerprint density at radius 1 is 1.25 bits per heavy atom. The second-order valence-electron chi connectivity index (χ2n) is 5.42. The summed E-state index contributed by atoms with van der Waals surface area (Å²) in [6.45, 7) is 1.49. The molecule has 4 nitrogen and oxygen atoms in total. The van der Waals surface area contributed by atoms with Gasteiger partial charge in [-0.05, 0) is 43.4 Å². The van der Waals surface area contributed by atoms with Gasteiger partial charge in [0.25, 0.3) is 0 Å². The fourth-order valence-corrected chi connectivity index (χ4v) is 2.78. The van der Waals surface area contributed by atoms with Crippen LogP contribution in [0.15, 0.2) is 12.1 Å². The van der Waals surface area contributed by atoms with E-state index < -0.39 is 0 Å². The lowest BCUT2D eigenvalue weighted by Gasteiger charge is -2.22. The van der Waals surface area contributed by atoms with Crippen LogP contribution in [0.4, 0.5) is 15.8 Å². The lowest BCUT2D eigenvalue weighted by Crippen LogP contribution is -2.22. The predicted molar refractivity (Wildman–Crippen MR) is 75.4 cm³/mol. The minimum absolute atomic E-state index is 0.00192. The number of aryl methyl sites for hydroxylation is 1. The van der Waals surface area contributed by atoms with Crippen LogP contribution < -0.4 is 10.6 Å².